The van der Waals surface area contributed by atoms with Gasteiger partial charge < -0.3 is 14.8 Å². The van der Waals surface area contributed by atoms with Gasteiger partial charge in [0.2, 0.25) is 5.91 Å². The molecule has 0 spiro atoms. The molecule has 2 aromatic heterocycles. The van der Waals surface area contributed by atoms with Crippen molar-refractivity contribution in [2.75, 3.05) is 7.05 Å². The summed E-state index contributed by atoms with van der Waals surface area (Å²) in [6, 6.07) is 4.76. The Morgan fingerprint density at radius 3 is 2.75 bits per heavy atom. The third-order valence-electron chi connectivity index (χ3n) is 4.43. The minimum Gasteiger partial charge on any atom is -0.345 e. The zero-order chi connectivity index (χ0) is 17.4. The van der Waals surface area contributed by atoms with Crippen LogP contribution in [0.4, 0.5) is 0 Å². The molecule has 8 heteroatoms. The van der Waals surface area contributed by atoms with Crippen molar-refractivity contribution in [2.45, 2.75) is 18.5 Å². The molecule has 0 bridgehead atoms. The fraction of sp³-hybridized carbons (Fsp3) is 0.375. The Morgan fingerprint density at radius 1 is 1.42 bits per heavy atom. The number of likely N-dealkylation sites (tertiary alicyclic amines) is 1. The Bertz CT molecular complexity index is 843. The van der Waals surface area contributed by atoms with Gasteiger partial charge in [-0.05, 0) is 12.1 Å². The maximum absolute atomic E-state index is 12.6. The Hall–Kier alpha value is -3.08. The number of nitrogens with one attached hydrogen (secondary N) is 1. The van der Waals surface area contributed by atoms with E-state index in [4.69, 9.17) is 5.26 Å². The second-order valence-electron chi connectivity index (χ2n) is 5.95. The molecule has 124 valence electrons. The minimum atomic E-state index is -0.356. The van der Waals surface area contributed by atoms with Crippen LogP contribution in [0, 0.1) is 11.3 Å². The van der Waals surface area contributed by atoms with Gasteiger partial charge in [-0.15, -0.1) is 0 Å². The lowest BCUT2D eigenvalue weighted by molar-refractivity contribution is -0.127. The molecule has 0 aromatic carbocycles. The second kappa shape index (κ2) is 5.85. The van der Waals surface area contributed by atoms with Gasteiger partial charge in [-0.1, -0.05) is 0 Å². The van der Waals surface area contributed by atoms with Crippen molar-refractivity contribution in [3.05, 3.63) is 41.5 Å². The Labute approximate surface area is 139 Å². The monoisotopic (exact) mass is 326 g/mol. The number of likely N-dealkylation sites (N-methyl/N-ethyl adjacent to an activating group) is 1. The maximum atomic E-state index is 12.6. The molecule has 3 rings (SSSR count). The average Bonchev–Trinajstić information content (AvgIpc) is 3.19. The highest BCUT2D eigenvalue weighted by Gasteiger charge is 2.41. The van der Waals surface area contributed by atoms with Crippen molar-refractivity contribution >= 4 is 11.8 Å². The van der Waals surface area contributed by atoms with E-state index in [0.717, 1.165) is 5.69 Å². The van der Waals surface area contributed by atoms with Crippen LogP contribution in [0.3, 0.4) is 0 Å². The van der Waals surface area contributed by atoms with Crippen LogP contribution in [-0.4, -0.2) is 44.2 Å². The highest BCUT2D eigenvalue weighted by molar-refractivity contribution is 5.94. The summed E-state index contributed by atoms with van der Waals surface area (Å²) in [5.74, 6) is -0.338. The zero-order valence-corrected chi connectivity index (χ0v) is 13.7. The molecule has 1 saturated heterocycles. The largest absolute Gasteiger partial charge is 0.345 e. The molecule has 24 heavy (non-hydrogen) atoms. The molecule has 0 aliphatic carbocycles. The number of hydrogen-bond acceptors (Lipinski definition) is 4. The quantitative estimate of drug-likeness (QED) is 0.879. The van der Waals surface area contributed by atoms with Gasteiger partial charge in [-0.3, -0.25) is 14.3 Å². The zero-order valence-electron chi connectivity index (χ0n) is 13.7. The standard InChI is InChI=1S/C16H18N6O2/c1-20-9-10(8-17)6-13(20)16(24)19-11-7-14(23)21(2)15(11)12-4-5-18-22(12)3/h4-6,9,11,15H,7H2,1-3H3,(H,19,24)/t11-,15-/m1/s1. The van der Waals surface area contributed by atoms with Gasteiger partial charge in [-0.2, -0.15) is 10.4 Å². The second-order valence-corrected chi connectivity index (χ2v) is 5.95. The van der Waals surface area contributed by atoms with Crippen molar-refractivity contribution in [1.82, 2.24) is 24.6 Å². The van der Waals surface area contributed by atoms with Gasteiger partial charge in [0, 0.05) is 40.0 Å². The molecule has 0 radical (unpaired) electrons. The molecule has 2 amide bonds. The predicted octanol–water partition coefficient (Wildman–Crippen LogP) is 0.332. The van der Waals surface area contributed by atoms with Gasteiger partial charge in [0.05, 0.1) is 23.3 Å². The molecule has 1 N–H and O–H groups in total. The maximum Gasteiger partial charge on any atom is 0.268 e. The Morgan fingerprint density at radius 2 is 2.17 bits per heavy atom. The number of rotatable bonds is 3. The normalized spacial score (nSPS) is 20.2. The fourth-order valence-corrected chi connectivity index (χ4v) is 3.17. The molecule has 3 heterocycles. The smallest absolute Gasteiger partial charge is 0.268 e. The number of aromatic nitrogens is 3. The highest BCUT2D eigenvalue weighted by atomic mass is 16.2. The number of nitrogens with zero attached hydrogens (tertiary/aromatic N) is 5. The summed E-state index contributed by atoms with van der Waals surface area (Å²) >= 11 is 0. The molecule has 0 unspecified atom stereocenters. The Balaban J connectivity index is 1.86. The molecular formula is C16H18N6O2. The summed E-state index contributed by atoms with van der Waals surface area (Å²) < 4.78 is 3.31. The van der Waals surface area contributed by atoms with Crippen LogP contribution >= 0.6 is 0 Å². The van der Waals surface area contributed by atoms with E-state index in [0.29, 0.717) is 11.3 Å². The van der Waals surface area contributed by atoms with E-state index >= 15 is 0 Å². The van der Waals surface area contributed by atoms with Gasteiger partial charge in [0.25, 0.3) is 5.91 Å². The number of carbonyl (C=O) groups is 2. The first-order chi connectivity index (χ1) is 11.4. The number of aryl methyl sites for hydroxylation is 2. The lowest BCUT2D eigenvalue weighted by atomic mass is 10.1. The summed E-state index contributed by atoms with van der Waals surface area (Å²) in [6.45, 7) is 0. The average molecular weight is 326 g/mol. The third kappa shape index (κ3) is 2.54. The topological polar surface area (TPSA) is 95.9 Å². The number of nitriles is 1. The molecule has 1 fully saturated rings. The summed E-state index contributed by atoms with van der Waals surface area (Å²) in [4.78, 5) is 26.3. The molecule has 1 aliphatic heterocycles. The molecule has 8 nitrogen and oxygen atoms in total. The first kappa shape index (κ1) is 15.8. The van der Waals surface area contributed by atoms with Gasteiger partial charge in [0.1, 0.15) is 11.8 Å². The van der Waals surface area contributed by atoms with Gasteiger partial charge >= 0.3 is 0 Å². The number of carbonyl (C=O) groups excluding carboxylic acids is 2. The van der Waals surface area contributed by atoms with E-state index in [1.807, 2.05) is 12.1 Å². The van der Waals surface area contributed by atoms with Crippen molar-refractivity contribution in [2.24, 2.45) is 14.1 Å². The fourth-order valence-electron chi connectivity index (χ4n) is 3.17. The summed E-state index contributed by atoms with van der Waals surface area (Å²) in [5.41, 5.74) is 1.67. The van der Waals surface area contributed by atoms with Crippen LogP contribution in [0.1, 0.15) is 34.2 Å². The first-order valence-electron chi connectivity index (χ1n) is 7.53. The van der Waals surface area contributed by atoms with E-state index in [-0.39, 0.29) is 30.3 Å². The van der Waals surface area contributed by atoms with Crippen LogP contribution in [0.2, 0.25) is 0 Å². The SMILES string of the molecule is CN1C(=O)C[C@@H](NC(=O)c2cc(C#N)cn2C)[C@@H]1c1ccnn1C. The van der Waals surface area contributed by atoms with Gasteiger partial charge in [-0.25, -0.2) is 0 Å². The van der Waals surface area contributed by atoms with Crippen LogP contribution in [-0.2, 0) is 18.9 Å². The van der Waals surface area contributed by atoms with Crippen LogP contribution < -0.4 is 5.32 Å². The predicted molar refractivity (Wildman–Crippen MR) is 84.7 cm³/mol. The summed E-state index contributed by atoms with van der Waals surface area (Å²) in [5, 5.41) is 16.0. The highest BCUT2D eigenvalue weighted by Crippen LogP contribution is 2.31. The molecule has 2 atom stereocenters. The summed E-state index contributed by atoms with van der Waals surface area (Å²) in [7, 11) is 5.24. The van der Waals surface area contributed by atoms with Crippen molar-refractivity contribution < 1.29 is 9.59 Å². The van der Waals surface area contributed by atoms with E-state index in [2.05, 4.69) is 10.4 Å². The lowest BCUT2D eigenvalue weighted by Crippen LogP contribution is -2.40. The van der Waals surface area contributed by atoms with E-state index in [1.165, 1.54) is 6.07 Å². The van der Waals surface area contributed by atoms with Crippen LogP contribution in [0.15, 0.2) is 24.5 Å². The molecule has 0 saturated carbocycles. The lowest BCUT2D eigenvalue weighted by Gasteiger charge is -2.25. The van der Waals surface area contributed by atoms with Crippen molar-refractivity contribution in [3.8, 4) is 6.07 Å². The van der Waals surface area contributed by atoms with E-state index in [9.17, 15) is 9.59 Å². The van der Waals surface area contributed by atoms with Gasteiger partial charge in [0.15, 0.2) is 0 Å². The number of hydrogen-bond donors (Lipinski definition) is 1. The van der Waals surface area contributed by atoms with Crippen molar-refractivity contribution in [1.29, 1.82) is 5.26 Å². The minimum absolute atomic E-state index is 0.0314. The molecule has 2 aromatic rings. The Kier molecular flexibility index (Phi) is 3.85. The molecular weight excluding hydrogens is 308 g/mol. The van der Waals surface area contributed by atoms with E-state index < -0.39 is 0 Å². The van der Waals surface area contributed by atoms with Crippen LogP contribution in [0.25, 0.3) is 0 Å². The summed E-state index contributed by atoms with van der Waals surface area (Å²) in [6.07, 6.45) is 3.49. The third-order valence-corrected chi connectivity index (χ3v) is 4.43. The first-order valence-corrected chi connectivity index (χ1v) is 7.53. The number of amides is 2. The van der Waals surface area contributed by atoms with Crippen molar-refractivity contribution in [3.63, 3.8) is 0 Å². The van der Waals surface area contributed by atoms with E-state index in [1.54, 1.807) is 47.7 Å². The van der Waals surface area contributed by atoms with Crippen LogP contribution in [0.5, 0.6) is 0 Å². The molecule has 1 aliphatic rings.